The number of nitrogens with zero attached hydrogens (tertiary/aromatic N) is 1. The van der Waals surface area contributed by atoms with E-state index in [0.29, 0.717) is 5.13 Å². The highest BCUT2D eigenvalue weighted by atomic mass is 32.1. The smallest absolute Gasteiger partial charge is 0.307 e. The number of nitrogens with one attached hydrogen (secondary N) is 1. The van der Waals surface area contributed by atoms with E-state index in [2.05, 4.69) is 17.2 Å². The maximum Gasteiger partial charge on any atom is 0.307 e. The van der Waals surface area contributed by atoms with Gasteiger partial charge < -0.3 is 10.4 Å². The number of aryl methyl sites for hydroxylation is 1. The molecule has 2 bridgehead atoms. The van der Waals surface area contributed by atoms with Crippen molar-refractivity contribution in [3.05, 3.63) is 47.4 Å². The monoisotopic (exact) mass is 368 g/mol. The second-order valence-corrected chi connectivity index (χ2v) is 7.92. The second-order valence-electron chi connectivity index (χ2n) is 6.84. The molecular weight excluding hydrogens is 348 g/mol. The number of fused-ring (bicyclic) bond motifs is 2. The first-order valence-electron chi connectivity index (χ1n) is 8.85. The average molecular weight is 368 g/mol. The summed E-state index contributed by atoms with van der Waals surface area (Å²) in [6.45, 7) is 2.06. The molecule has 2 N–H and O–H groups in total. The van der Waals surface area contributed by atoms with Crippen molar-refractivity contribution in [2.24, 2.45) is 23.7 Å². The molecule has 134 valence electrons. The molecule has 2 aliphatic rings. The number of aromatic nitrogens is 1. The molecule has 26 heavy (non-hydrogen) atoms. The van der Waals surface area contributed by atoms with Crippen molar-refractivity contribution in [1.82, 2.24) is 4.98 Å². The van der Waals surface area contributed by atoms with Crippen molar-refractivity contribution >= 4 is 28.3 Å². The summed E-state index contributed by atoms with van der Waals surface area (Å²) in [7, 11) is 0. The van der Waals surface area contributed by atoms with Gasteiger partial charge in [-0.15, -0.1) is 11.3 Å². The highest BCUT2D eigenvalue weighted by Gasteiger charge is 2.51. The van der Waals surface area contributed by atoms with E-state index in [1.54, 1.807) is 0 Å². The van der Waals surface area contributed by atoms with Gasteiger partial charge in [-0.05, 0) is 24.7 Å². The number of anilines is 1. The van der Waals surface area contributed by atoms with Gasteiger partial charge in [0.2, 0.25) is 5.91 Å². The molecule has 2 aromatic rings. The van der Waals surface area contributed by atoms with Gasteiger partial charge in [0.15, 0.2) is 5.13 Å². The molecule has 2 aliphatic carbocycles. The largest absolute Gasteiger partial charge is 0.481 e. The fourth-order valence-electron chi connectivity index (χ4n) is 4.17. The lowest BCUT2D eigenvalue weighted by molar-refractivity contribution is -0.146. The van der Waals surface area contributed by atoms with Crippen molar-refractivity contribution < 1.29 is 14.7 Å². The maximum absolute atomic E-state index is 12.8. The van der Waals surface area contributed by atoms with Crippen LogP contribution in [0.1, 0.15) is 18.2 Å². The van der Waals surface area contributed by atoms with Crippen LogP contribution in [0.4, 0.5) is 5.13 Å². The zero-order valence-corrected chi connectivity index (χ0v) is 15.2. The van der Waals surface area contributed by atoms with Crippen LogP contribution >= 0.6 is 11.3 Å². The van der Waals surface area contributed by atoms with Crippen LogP contribution in [0.25, 0.3) is 11.3 Å². The van der Waals surface area contributed by atoms with E-state index in [1.165, 1.54) is 11.3 Å². The topological polar surface area (TPSA) is 79.3 Å². The standard InChI is InChI=1S/C20H20N2O3S/c1-2-14-17(11-6-4-3-5-7-11)21-20(26-14)22-18(23)15-12-8-9-13(10-12)16(15)19(24)25/h3-9,12-13,15-16H,2,10H2,1H3,(H,24,25)(H,21,22,23)/t12-,13-,15+,16-/m0/s1. The summed E-state index contributed by atoms with van der Waals surface area (Å²) in [5.74, 6) is -2.29. The predicted octanol–water partition coefficient (Wildman–Crippen LogP) is 3.83. The average Bonchev–Trinajstić information content (AvgIpc) is 3.35. The van der Waals surface area contributed by atoms with Crippen LogP contribution in [0.15, 0.2) is 42.5 Å². The SMILES string of the molecule is CCc1sc(NC(=O)[C@H]2[C@@H](C(=O)O)[C@H]3C=C[C@H]2C3)nc1-c1ccccc1. The van der Waals surface area contributed by atoms with Crippen LogP contribution in [0.3, 0.4) is 0 Å². The third kappa shape index (κ3) is 2.84. The minimum atomic E-state index is -0.889. The lowest BCUT2D eigenvalue weighted by atomic mass is 9.82. The molecule has 0 aliphatic heterocycles. The number of carboxylic acid groups (broad SMARTS) is 1. The highest BCUT2D eigenvalue weighted by molar-refractivity contribution is 7.16. The van der Waals surface area contributed by atoms with Crippen molar-refractivity contribution in [3.63, 3.8) is 0 Å². The van der Waals surface area contributed by atoms with E-state index >= 15 is 0 Å². The summed E-state index contributed by atoms with van der Waals surface area (Å²) in [6, 6.07) is 9.89. The molecule has 0 unspecified atom stereocenters. The molecule has 4 atom stereocenters. The number of hydrogen-bond acceptors (Lipinski definition) is 4. The lowest BCUT2D eigenvalue weighted by Crippen LogP contribution is -2.36. The molecule has 1 fully saturated rings. The first kappa shape index (κ1) is 17.0. The fraction of sp³-hybridized carbons (Fsp3) is 0.350. The molecule has 0 spiro atoms. The summed E-state index contributed by atoms with van der Waals surface area (Å²) in [5, 5.41) is 13.0. The molecular formula is C20H20N2O3S. The van der Waals surface area contributed by atoms with Gasteiger partial charge in [0, 0.05) is 10.4 Å². The number of thiazole rings is 1. The van der Waals surface area contributed by atoms with Crippen LogP contribution in [0, 0.1) is 23.7 Å². The summed E-state index contributed by atoms with van der Waals surface area (Å²) >= 11 is 1.46. The van der Waals surface area contributed by atoms with Crippen molar-refractivity contribution in [2.75, 3.05) is 5.32 Å². The quantitative estimate of drug-likeness (QED) is 0.786. The Morgan fingerprint density at radius 1 is 1.19 bits per heavy atom. The number of carbonyl (C=O) groups is 2. The van der Waals surface area contributed by atoms with E-state index in [-0.39, 0.29) is 17.7 Å². The number of amides is 1. The van der Waals surface area contributed by atoms with Crippen LogP contribution in [0.5, 0.6) is 0 Å². The van der Waals surface area contributed by atoms with E-state index in [4.69, 9.17) is 0 Å². The molecule has 1 saturated carbocycles. The first-order chi connectivity index (χ1) is 12.6. The molecule has 1 amide bonds. The normalized spacial score (nSPS) is 26.2. The van der Waals surface area contributed by atoms with Gasteiger partial charge >= 0.3 is 5.97 Å². The van der Waals surface area contributed by atoms with Crippen molar-refractivity contribution in [2.45, 2.75) is 19.8 Å². The number of benzene rings is 1. The highest BCUT2D eigenvalue weighted by Crippen LogP contribution is 2.48. The van der Waals surface area contributed by atoms with Crippen LogP contribution < -0.4 is 5.32 Å². The Kier molecular flexibility index (Phi) is 4.36. The molecule has 4 rings (SSSR count). The Hall–Kier alpha value is -2.47. The minimum absolute atomic E-state index is 0.0142. The lowest BCUT2D eigenvalue weighted by Gasteiger charge is -2.23. The Morgan fingerprint density at radius 3 is 2.54 bits per heavy atom. The molecule has 0 radical (unpaired) electrons. The van der Waals surface area contributed by atoms with Gasteiger partial charge in [-0.3, -0.25) is 9.59 Å². The number of carbonyl (C=O) groups excluding carboxylic acids is 1. The number of carboxylic acids is 1. The van der Waals surface area contributed by atoms with Crippen molar-refractivity contribution in [1.29, 1.82) is 0 Å². The number of allylic oxidation sites excluding steroid dienone is 2. The molecule has 1 heterocycles. The van der Waals surface area contributed by atoms with Gasteiger partial charge in [0.1, 0.15) is 0 Å². The second kappa shape index (κ2) is 6.68. The third-order valence-electron chi connectivity index (χ3n) is 5.34. The summed E-state index contributed by atoms with van der Waals surface area (Å²) in [5.41, 5.74) is 1.91. The minimum Gasteiger partial charge on any atom is -0.481 e. The Balaban J connectivity index is 1.58. The van der Waals surface area contributed by atoms with Gasteiger partial charge in [-0.25, -0.2) is 4.98 Å². The first-order valence-corrected chi connectivity index (χ1v) is 9.67. The van der Waals surface area contributed by atoms with Gasteiger partial charge in [0.05, 0.1) is 17.5 Å². The molecule has 1 aromatic carbocycles. The third-order valence-corrected chi connectivity index (χ3v) is 6.46. The number of rotatable bonds is 5. The number of hydrogen-bond donors (Lipinski definition) is 2. The predicted molar refractivity (Wildman–Crippen MR) is 101 cm³/mol. The van der Waals surface area contributed by atoms with Crippen LogP contribution in [0.2, 0.25) is 0 Å². The summed E-state index contributed by atoms with van der Waals surface area (Å²) in [6.07, 6.45) is 5.51. The van der Waals surface area contributed by atoms with Gasteiger partial charge in [-0.1, -0.05) is 49.4 Å². The fourth-order valence-corrected chi connectivity index (χ4v) is 5.10. The van der Waals surface area contributed by atoms with E-state index in [1.807, 2.05) is 42.5 Å². The summed E-state index contributed by atoms with van der Waals surface area (Å²) in [4.78, 5) is 30.2. The zero-order chi connectivity index (χ0) is 18.3. The zero-order valence-electron chi connectivity index (χ0n) is 14.4. The molecule has 0 saturated heterocycles. The summed E-state index contributed by atoms with van der Waals surface area (Å²) < 4.78 is 0. The van der Waals surface area contributed by atoms with Gasteiger partial charge in [-0.2, -0.15) is 0 Å². The van der Waals surface area contributed by atoms with Crippen LogP contribution in [-0.4, -0.2) is 22.0 Å². The van der Waals surface area contributed by atoms with E-state index in [0.717, 1.165) is 29.0 Å². The maximum atomic E-state index is 12.8. The van der Waals surface area contributed by atoms with Gasteiger partial charge in [0.25, 0.3) is 0 Å². The Morgan fingerprint density at radius 2 is 1.88 bits per heavy atom. The molecule has 5 nitrogen and oxygen atoms in total. The Labute approximate surface area is 155 Å². The Bertz CT molecular complexity index is 874. The molecule has 1 aromatic heterocycles. The van der Waals surface area contributed by atoms with E-state index < -0.39 is 17.8 Å². The van der Waals surface area contributed by atoms with E-state index in [9.17, 15) is 14.7 Å². The van der Waals surface area contributed by atoms with Crippen molar-refractivity contribution in [3.8, 4) is 11.3 Å². The number of aliphatic carboxylic acids is 1. The molecule has 6 heteroatoms. The van der Waals surface area contributed by atoms with Crippen LogP contribution in [-0.2, 0) is 16.0 Å².